The van der Waals surface area contributed by atoms with Gasteiger partial charge in [-0.25, -0.2) is 0 Å². The van der Waals surface area contributed by atoms with Gasteiger partial charge < -0.3 is 20.1 Å². The normalized spacial score (nSPS) is 17.1. The third-order valence-electron chi connectivity index (χ3n) is 3.37. The first kappa shape index (κ1) is 13.1. The number of benzene rings is 1. The standard InChI is InChI=1S/C15H21N3O2/c1-2-16-15(18-12-4-5-12)17-8-7-11-3-6-13-14(9-11)20-10-19-13/h3,6,9,12H,2,4-5,7-8,10H2,1H3,(H2,16,17,18). The van der Waals surface area contributed by atoms with Crippen molar-refractivity contribution in [2.75, 3.05) is 19.9 Å². The summed E-state index contributed by atoms with van der Waals surface area (Å²) in [6, 6.07) is 6.71. The fourth-order valence-electron chi connectivity index (χ4n) is 2.13. The van der Waals surface area contributed by atoms with Crippen molar-refractivity contribution in [2.45, 2.75) is 32.2 Å². The average molecular weight is 275 g/mol. The summed E-state index contributed by atoms with van der Waals surface area (Å²) in [7, 11) is 0. The Balaban J connectivity index is 1.54. The van der Waals surface area contributed by atoms with E-state index in [0.29, 0.717) is 12.8 Å². The molecule has 0 aromatic heterocycles. The molecule has 3 rings (SSSR count). The molecule has 1 aliphatic heterocycles. The second-order valence-electron chi connectivity index (χ2n) is 5.12. The molecule has 2 N–H and O–H groups in total. The van der Waals surface area contributed by atoms with Crippen molar-refractivity contribution in [3.8, 4) is 11.5 Å². The van der Waals surface area contributed by atoms with Gasteiger partial charge >= 0.3 is 0 Å². The zero-order valence-corrected chi connectivity index (χ0v) is 11.8. The van der Waals surface area contributed by atoms with Crippen molar-refractivity contribution in [3.05, 3.63) is 23.8 Å². The van der Waals surface area contributed by atoms with Gasteiger partial charge in [0, 0.05) is 19.1 Å². The smallest absolute Gasteiger partial charge is 0.231 e. The predicted octanol–water partition coefficient (Wildman–Crippen LogP) is 1.68. The Morgan fingerprint density at radius 1 is 1.30 bits per heavy atom. The molecule has 5 nitrogen and oxygen atoms in total. The molecule has 20 heavy (non-hydrogen) atoms. The molecule has 0 radical (unpaired) electrons. The molecule has 0 amide bonds. The molecule has 0 atom stereocenters. The van der Waals surface area contributed by atoms with Crippen LogP contribution in [-0.2, 0) is 6.42 Å². The minimum Gasteiger partial charge on any atom is -0.454 e. The topological polar surface area (TPSA) is 54.9 Å². The van der Waals surface area contributed by atoms with Crippen LogP contribution in [0.5, 0.6) is 11.5 Å². The van der Waals surface area contributed by atoms with E-state index in [9.17, 15) is 0 Å². The van der Waals surface area contributed by atoms with Crippen molar-refractivity contribution < 1.29 is 9.47 Å². The summed E-state index contributed by atoms with van der Waals surface area (Å²) in [4.78, 5) is 4.60. The van der Waals surface area contributed by atoms with E-state index in [2.05, 4.69) is 28.6 Å². The van der Waals surface area contributed by atoms with Gasteiger partial charge in [-0.2, -0.15) is 0 Å². The van der Waals surface area contributed by atoms with Gasteiger partial charge in [0.2, 0.25) is 6.79 Å². The molecule has 1 aromatic carbocycles. The Hall–Kier alpha value is -1.91. The van der Waals surface area contributed by atoms with Crippen molar-refractivity contribution in [3.63, 3.8) is 0 Å². The van der Waals surface area contributed by atoms with Crippen LogP contribution in [0.25, 0.3) is 0 Å². The number of hydrogen-bond acceptors (Lipinski definition) is 3. The maximum atomic E-state index is 5.38. The van der Waals surface area contributed by atoms with E-state index in [1.807, 2.05) is 12.1 Å². The van der Waals surface area contributed by atoms with E-state index in [1.165, 1.54) is 18.4 Å². The molecule has 1 saturated carbocycles. The number of rotatable bonds is 5. The lowest BCUT2D eigenvalue weighted by atomic mass is 10.1. The Morgan fingerprint density at radius 3 is 2.95 bits per heavy atom. The number of aliphatic imine (C=N–C) groups is 1. The largest absolute Gasteiger partial charge is 0.454 e. The lowest BCUT2D eigenvalue weighted by Crippen LogP contribution is -2.38. The van der Waals surface area contributed by atoms with E-state index in [4.69, 9.17) is 9.47 Å². The van der Waals surface area contributed by atoms with E-state index < -0.39 is 0 Å². The van der Waals surface area contributed by atoms with E-state index in [0.717, 1.165) is 37.0 Å². The van der Waals surface area contributed by atoms with E-state index in [-0.39, 0.29) is 0 Å². The van der Waals surface area contributed by atoms with Crippen LogP contribution >= 0.6 is 0 Å². The molecule has 0 unspecified atom stereocenters. The average Bonchev–Trinajstić information content (AvgIpc) is 3.14. The SMILES string of the molecule is CCNC(=NCCc1ccc2c(c1)OCO2)NC1CC1. The molecule has 0 bridgehead atoms. The van der Waals surface area contributed by atoms with Crippen LogP contribution in [0.3, 0.4) is 0 Å². The van der Waals surface area contributed by atoms with Gasteiger partial charge in [-0.1, -0.05) is 6.07 Å². The highest BCUT2D eigenvalue weighted by molar-refractivity contribution is 5.80. The molecular weight excluding hydrogens is 254 g/mol. The summed E-state index contributed by atoms with van der Waals surface area (Å²) in [5, 5.41) is 6.69. The van der Waals surface area contributed by atoms with Crippen molar-refractivity contribution >= 4 is 5.96 Å². The van der Waals surface area contributed by atoms with Crippen molar-refractivity contribution in [1.29, 1.82) is 0 Å². The summed E-state index contributed by atoms with van der Waals surface area (Å²) < 4.78 is 10.7. The Labute approximate surface area is 119 Å². The van der Waals surface area contributed by atoms with Crippen molar-refractivity contribution in [1.82, 2.24) is 10.6 Å². The fraction of sp³-hybridized carbons (Fsp3) is 0.533. The number of guanidine groups is 1. The Kier molecular flexibility index (Phi) is 3.95. The molecule has 1 heterocycles. The van der Waals surface area contributed by atoms with Crippen LogP contribution in [-0.4, -0.2) is 31.9 Å². The van der Waals surface area contributed by atoms with Gasteiger partial charge in [-0.3, -0.25) is 4.99 Å². The van der Waals surface area contributed by atoms with Gasteiger partial charge in [0.1, 0.15) is 0 Å². The minimum atomic E-state index is 0.326. The Morgan fingerprint density at radius 2 is 2.15 bits per heavy atom. The lowest BCUT2D eigenvalue weighted by Gasteiger charge is -2.10. The zero-order chi connectivity index (χ0) is 13.8. The van der Waals surface area contributed by atoms with Crippen LogP contribution in [0, 0.1) is 0 Å². The number of hydrogen-bond donors (Lipinski definition) is 2. The quantitative estimate of drug-likeness (QED) is 0.634. The fourth-order valence-corrected chi connectivity index (χ4v) is 2.13. The highest BCUT2D eigenvalue weighted by Crippen LogP contribution is 2.32. The van der Waals surface area contributed by atoms with Crippen LogP contribution in [0.15, 0.2) is 23.2 Å². The summed E-state index contributed by atoms with van der Waals surface area (Å²) in [5.74, 6) is 2.60. The number of ether oxygens (including phenoxy) is 2. The third kappa shape index (κ3) is 3.35. The van der Waals surface area contributed by atoms with Crippen LogP contribution in [0.4, 0.5) is 0 Å². The number of nitrogens with one attached hydrogen (secondary N) is 2. The first-order valence-electron chi connectivity index (χ1n) is 7.28. The number of fused-ring (bicyclic) bond motifs is 1. The molecule has 1 fully saturated rings. The monoisotopic (exact) mass is 275 g/mol. The van der Waals surface area contributed by atoms with Crippen LogP contribution in [0.1, 0.15) is 25.3 Å². The molecule has 5 heteroatoms. The molecular formula is C15H21N3O2. The summed E-state index contributed by atoms with van der Waals surface area (Å²) in [5.41, 5.74) is 1.22. The molecule has 108 valence electrons. The Bertz CT molecular complexity index is 498. The summed E-state index contributed by atoms with van der Waals surface area (Å²) in [6.07, 6.45) is 3.41. The lowest BCUT2D eigenvalue weighted by molar-refractivity contribution is 0.174. The molecule has 1 aromatic rings. The second kappa shape index (κ2) is 6.03. The highest BCUT2D eigenvalue weighted by atomic mass is 16.7. The molecule has 2 aliphatic rings. The van der Waals surface area contributed by atoms with Gasteiger partial charge in [0.25, 0.3) is 0 Å². The maximum Gasteiger partial charge on any atom is 0.231 e. The van der Waals surface area contributed by atoms with Gasteiger partial charge in [-0.05, 0) is 43.9 Å². The zero-order valence-electron chi connectivity index (χ0n) is 11.8. The first-order valence-corrected chi connectivity index (χ1v) is 7.28. The third-order valence-corrected chi connectivity index (χ3v) is 3.37. The summed E-state index contributed by atoms with van der Waals surface area (Å²) in [6.45, 7) is 4.07. The van der Waals surface area contributed by atoms with E-state index in [1.54, 1.807) is 0 Å². The van der Waals surface area contributed by atoms with Gasteiger partial charge in [-0.15, -0.1) is 0 Å². The van der Waals surface area contributed by atoms with Crippen LogP contribution < -0.4 is 20.1 Å². The molecule has 1 aliphatic carbocycles. The second-order valence-corrected chi connectivity index (χ2v) is 5.12. The maximum absolute atomic E-state index is 5.38. The van der Waals surface area contributed by atoms with E-state index >= 15 is 0 Å². The number of nitrogens with zero attached hydrogens (tertiary/aromatic N) is 1. The highest BCUT2D eigenvalue weighted by Gasteiger charge is 2.22. The molecule has 0 spiro atoms. The molecule has 0 saturated heterocycles. The van der Waals surface area contributed by atoms with Gasteiger partial charge in [0.15, 0.2) is 17.5 Å². The predicted molar refractivity (Wildman–Crippen MR) is 78.4 cm³/mol. The van der Waals surface area contributed by atoms with Crippen LogP contribution in [0.2, 0.25) is 0 Å². The van der Waals surface area contributed by atoms with Gasteiger partial charge in [0.05, 0.1) is 0 Å². The van der Waals surface area contributed by atoms with Crippen molar-refractivity contribution in [2.24, 2.45) is 4.99 Å². The first-order chi connectivity index (χ1) is 9.85. The minimum absolute atomic E-state index is 0.326. The summed E-state index contributed by atoms with van der Waals surface area (Å²) >= 11 is 0.